The lowest BCUT2D eigenvalue weighted by atomic mass is 10.2. The quantitative estimate of drug-likeness (QED) is 0.757. The number of nitrogens with zero attached hydrogens (tertiary/aromatic N) is 5. The Morgan fingerprint density at radius 1 is 1.21 bits per heavy atom. The Balaban J connectivity index is 1.41. The Morgan fingerprint density at radius 3 is 2.71 bits per heavy atom. The summed E-state index contributed by atoms with van der Waals surface area (Å²) in [4.78, 5) is 21.5. The van der Waals surface area contributed by atoms with Crippen LogP contribution in [0.15, 0.2) is 30.6 Å². The van der Waals surface area contributed by atoms with Crippen molar-refractivity contribution >= 4 is 11.6 Å². The topological polar surface area (TPSA) is 66.3 Å². The van der Waals surface area contributed by atoms with E-state index in [0.29, 0.717) is 6.42 Å². The highest BCUT2D eigenvalue weighted by Gasteiger charge is 2.19. The van der Waals surface area contributed by atoms with Gasteiger partial charge in [0.25, 0.3) is 0 Å². The standard InChI is InChI=1S/C21H32N6O/c1-4-9-27-21(22-16-23-27)18(3)24-20(28)8-10-25-11-13-26(14-12-25)19-7-5-6-17(2)15-19/h5-7,15-16,18H,4,8-14H2,1-3H3,(H,24,28). The van der Waals surface area contributed by atoms with E-state index in [-0.39, 0.29) is 11.9 Å². The fourth-order valence-corrected chi connectivity index (χ4v) is 3.68. The number of carbonyl (C=O) groups is 1. The minimum absolute atomic E-state index is 0.0691. The van der Waals surface area contributed by atoms with Crippen LogP contribution in [0.2, 0.25) is 0 Å². The van der Waals surface area contributed by atoms with E-state index in [0.717, 1.165) is 51.5 Å². The van der Waals surface area contributed by atoms with E-state index in [9.17, 15) is 4.79 Å². The summed E-state index contributed by atoms with van der Waals surface area (Å²) in [6.07, 6.45) is 3.06. The van der Waals surface area contributed by atoms with E-state index < -0.39 is 0 Å². The number of nitrogens with one attached hydrogen (secondary N) is 1. The monoisotopic (exact) mass is 384 g/mol. The van der Waals surface area contributed by atoms with Gasteiger partial charge in [-0.15, -0.1) is 0 Å². The number of hydrogen-bond acceptors (Lipinski definition) is 5. The predicted molar refractivity (Wildman–Crippen MR) is 111 cm³/mol. The van der Waals surface area contributed by atoms with Crippen LogP contribution in [0.5, 0.6) is 0 Å². The van der Waals surface area contributed by atoms with Crippen LogP contribution in [0.1, 0.15) is 44.1 Å². The number of rotatable bonds is 8. The zero-order valence-electron chi connectivity index (χ0n) is 17.3. The minimum atomic E-state index is -0.125. The van der Waals surface area contributed by atoms with Gasteiger partial charge in [0.1, 0.15) is 12.2 Å². The van der Waals surface area contributed by atoms with Crippen LogP contribution in [0, 0.1) is 6.92 Å². The highest BCUT2D eigenvalue weighted by atomic mass is 16.1. The smallest absolute Gasteiger partial charge is 0.221 e. The van der Waals surface area contributed by atoms with Gasteiger partial charge in [-0.05, 0) is 38.0 Å². The number of carbonyl (C=O) groups excluding carboxylic acids is 1. The lowest BCUT2D eigenvalue weighted by Crippen LogP contribution is -2.47. The zero-order valence-corrected chi connectivity index (χ0v) is 17.3. The maximum Gasteiger partial charge on any atom is 0.221 e. The molecule has 0 aliphatic carbocycles. The molecule has 7 heteroatoms. The van der Waals surface area contributed by atoms with E-state index in [2.05, 4.69) is 63.3 Å². The molecule has 2 aromatic rings. The van der Waals surface area contributed by atoms with E-state index in [4.69, 9.17) is 0 Å². The van der Waals surface area contributed by atoms with Crippen molar-refractivity contribution in [1.82, 2.24) is 25.0 Å². The molecule has 1 aliphatic heterocycles. The van der Waals surface area contributed by atoms with Crippen LogP contribution in [-0.2, 0) is 11.3 Å². The van der Waals surface area contributed by atoms with Crippen molar-refractivity contribution in [3.8, 4) is 0 Å². The SMILES string of the molecule is CCCn1ncnc1C(C)NC(=O)CCN1CCN(c2cccc(C)c2)CC1. The number of aryl methyl sites for hydroxylation is 2. The van der Waals surface area contributed by atoms with Crippen LogP contribution in [-0.4, -0.2) is 58.3 Å². The molecule has 1 fully saturated rings. The van der Waals surface area contributed by atoms with Gasteiger partial charge in [0.2, 0.25) is 5.91 Å². The van der Waals surface area contributed by atoms with Crippen LogP contribution in [0.3, 0.4) is 0 Å². The molecule has 7 nitrogen and oxygen atoms in total. The average Bonchev–Trinajstić information content (AvgIpc) is 3.15. The Morgan fingerprint density at radius 2 is 2.00 bits per heavy atom. The number of benzene rings is 1. The summed E-state index contributed by atoms with van der Waals surface area (Å²) in [6, 6.07) is 8.53. The third-order valence-corrected chi connectivity index (χ3v) is 5.24. The first kappa shape index (κ1) is 20.3. The number of anilines is 1. The third kappa shape index (κ3) is 5.32. The molecule has 1 saturated heterocycles. The van der Waals surface area contributed by atoms with Crippen molar-refractivity contribution in [3.63, 3.8) is 0 Å². The normalized spacial score (nSPS) is 16.2. The van der Waals surface area contributed by atoms with Gasteiger partial charge in [-0.2, -0.15) is 5.10 Å². The molecule has 0 radical (unpaired) electrons. The van der Waals surface area contributed by atoms with Crippen molar-refractivity contribution in [3.05, 3.63) is 42.0 Å². The first-order valence-electron chi connectivity index (χ1n) is 10.3. The first-order valence-corrected chi connectivity index (χ1v) is 10.3. The fourth-order valence-electron chi connectivity index (χ4n) is 3.68. The molecule has 2 heterocycles. The molecule has 1 N–H and O–H groups in total. The molecular weight excluding hydrogens is 352 g/mol. The van der Waals surface area contributed by atoms with Crippen LogP contribution in [0.4, 0.5) is 5.69 Å². The van der Waals surface area contributed by atoms with Crippen molar-refractivity contribution in [2.24, 2.45) is 0 Å². The van der Waals surface area contributed by atoms with Crippen molar-refractivity contribution in [1.29, 1.82) is 0 Å². The molecule has 0 spiro atoms. The molecule has 1 aliphatic rings. The molecular formula is C21H32N6O. The largest absolute Gasteiger partial charge is 0.369 e. The fraction of sp³-hybridized carbons (Fsp3) is 0.571. The second-order valence-electron chi connectivity index (χ2n) is 7.55. The van der Waals surface area contributed by atoms with E-state index >= 15 is 0 Å². The van der Waals surface area contributed by atoms with Crippen molar-refractivity contribution in [2.45, 2.75) is 46.2 Å². The van der Waals surface area contributed by atoms with Gasteiger partial charge >= 0.3 is 0 Å². The number of aromatic nitrogens is 3. The second kappa shape index (κ2) is 9.68. The highest BCUT2D eigenvalue weighted by molar-refractivity contribution is 5.76. The predicted octanol–water partition coefficient (Wildman–Crippen LogP) is 2.39. The summed E-state index contributed by atoms with van der Waals surface area (Å²) in [5.41, 5.74) is 2.59. The van der Waals surface area contributed by atoms with Crippen molar-refractivity contribution < 1.29 is 4.79 Å². The summed E-state index contributed by atoms with van der Waals surface area (Å²) in [6.45, 7) is 11.8. The van der Waals surface area contributed by atoms with Crippen LogP contribution < -0.4 is 10.2 Å². The van der Waals surface area contributed by atoms with E-state index in [1.165, 1.54) is 11.3 Å². The molecule has 1 aromatic heterocycles. The minimum Gasteiger partial charge on any atom is -0.369 e. The molecule has 28 heavy (non-hydrogen) atoms. The van der Waals surface area contributed by atoms with Crippen LogP contribution in [0.25, 0.3) is 0 Å². The molecule has 3 rings (SSSR count). The van der Waals surface area contributed by atoms with Gasteiger partial charge in [0.05, 0.1) is 6.04 Å². The van der Waals surface area contributed by atoms with E-state index in [1.54, 1.807) is 6.33 Å². The molecule has 0 saturated carbocycles. The molecule has 1 atom stereocenters. The Bertz CT molecular complexity index is 766. The van der Waals surface area contributed by atoms with Gasteiger partial charge in [-0.1, -0.05) is 19.1 Å². The highest BCUT2D eigenvalue weighted by Crippen LogP contribution is 2.18. The van der Waals surface area contributed by atoms with Crippen LogP contribution >= 0.6 is 0 Å². The number of hydrogen-bond donors (Lipinski definition) is 1. The Labute approximate surface area is 167 Å². The summed E-state index contributed by atoms with van der Waals surface area (Å²) in [5, 5.41) is 7.29. The third-order valence-electron chi connectivity index (χ3n) is 5.24. The Hall–Kier alpha value is -2.41. The number of amides is 1. The second-order valence-corrected chi connectivity index (χ2v) is 7.55. The summed E-state index contributed by atoms with van der Waals surface area (Å²) < 4.78 is 1.87. The summed E-state index contributed by atoms with van der Waals surface area (Å²) >= 11 is 0. The molecule has 0 bridgehead atoms. The summed E-state index contributed by atoms with van der Waals surface area (Å²) in [7, 11) is 0. The molecule has 1 aromatic carbocycles. The molecule has 1 unspecified atom stereocenters. The average molecular weight is 385 g/mol. The maximum absolute atomic E-state index is 12.4. The molecule has 1 amide bonds. The summed E-state index contributed by atoms with van der Waals surface area (Å²) in [5.74, 6) is 0.890. The van der Waals surface area contributed by atoms with E-state index in [1.807, 2.05) is 11.6 Å². The van der Waals surface area contributed by atoms with Gasteiger partial charge in [-0.3, -0.25) is 9.69 Å². The first-order chi connectivity index (χ1) is 13.6. The van der Waals surface area contributed by atoms with Crippen molar-refractivity contribution in [2.75, 3.05) is 37.6 Å². The lowest BCUT2D eigenvalue weighted by Gasteiger charge is -2.36. The zero-order chi connectivity index (χ0) is 19.9. The molecule has 152 valence electrons. The van der Waals surface area contributed by atoms with Gasteiger partial charge in [0.15, 0.2) is 0 Å². The van der Waals surface area contributed by atoms with Gasteiger partial charge in [-0.25, -0.2) is 9.67 Å². The lowest BCUT2D eigenvalue weighted by molar-refractivity contribution is -0.122. The number of piperazine rings is 1. The van der Waals surface area contributed by atoms with Gasteiger partial charge < -0.3 is 10.2 Å². The Kier molecular flexibility index (Phi) is 7.03. The maximum atomic E-state index is 12.4. The van der Waals surface area contributed by atoms with Gasteiger partial charge in [0, 0.05) is 51.4 Å².